The van der Waals surface area contributed by atoms with Gasteiger partial charge in [-0.2, -0.15) is 5.26 Å². The van der Waals surface area contributed by atoms with Gasteiger partial charge in [-0.05, 0) is 54.0 Å². The molecule has 0 spiro atoms. The maximum absolute atomic E-state index is 13.5. The molecular weight excluding hydrogens is 482 g/mol. The number of urea groups is 1. The normalized spacial score (nSPS) is 16.5. The van der Waals surface area contributed by atoms with E-state index < -0.39 is 8.07 Å². The lowest BCUT2D eigenvalue weighted by atomic mass is 9.85. The van der Waals surface area contributed by atoms with Crippen LogP contribution in [0.25, 0.3) is 5.57 Å². The summed E-state index contributed by atoms with van der Waals surface area (Å²) in [7, 11) is -1.23. The highest BCUT2D eigenvalue weighted by Crippen LogP contribution is 2.32. The van der Waals surface area contributed by atoms with Crippen LogP contribution in [0.5, 0.6) is 0 Å². The fraction of sp³-hybridized carbons (Fsp3) is 0.500. The van der Waals surface area contributed by atoms with Gasteiger partial charge < -0.3 is 19.9 Å². The van der Waals surface area contributed by atoms with Crippen molar-refractivity contribution >= 4 is 25.5 Å². The van der Waals surface area contributed by atoms with Crippen LogP contribution < -0.4 is 10.6 Å². The summed E-state index contributed by atoms with van der Waals surface area (Å²) in [6.45, 7) is 8.89. The van der Waals surface area contributed by atoms with Gasteiger partial charge in [0.25, 0.3) is 0 Å². The second kappa shape index (κ2) is 11.9. The number of allylic oxidation sites excluding steroid dienone is 2. The van der Waals surface area contributed by atoms with Crippen molar-refractivity contribution in [1.29, 1.82) is 5.26 Å². The summed E-state index contributed by atoms with van der Waals surface area (Å²) < 4.78 is 7.52. The molecule has 0 bridgehead atoms. The number of ether oxygens (including phenoxy) is 1. The van der Waals surface area contributed by atoms with E-state index in [1.54, 1.807) is 10.8 Å². The molecule has 1 aromatic carbocycles. The lowest BCUT2D eigenvalue weighted by Crippen LogP contribution is -2.47. The van der Waals surface area contributed by atoms with Gasteiger partial charge in [0, 0.05) is 46.3 Å². The molecular formula is C28H37N5O3Si. The van der Waals surface area contributed by atoms with E-state index in [0.717, 1.165) is 42.0 Å². The Kier molecular flexibility index (Phi) is 8.62. The van der Waals surface area contributed by atoms with Gasteiger partial charge in [-0.25, -0.2) is 9.78 Å². The van der Waals surface area contributed by atoms with Crippen LogP contribution in [0.2, 0.25) is 25.7 Å². The first kappa shape index (κ1) is 26.8. The Morgan fingerprint density at radius 1 is 1.24 bits per heavy atom. The van der Waals surface area contributed by atoms with Gasteiger partial charge in [0.05, 0.1) is 0 Å². The Morgan fingerprint density at radius 3 is 2.70 bits per heavy atom. The standard InChI is InChI=1S/C28H37N5O3Si/c1-37(2,3)12-11-36-19-33-18-24(15-29)32-27(33)26(34)14-22-10-9-21(23-16-30-28(35)31-17-23)13-25(22)20-7-5-4-6-8-20/h7,9-10,13,18,23H,4-6,8,11-12,14,16-17,19H2,1-3H3,(H2,30,31,35). The number of benzene rings is 1. The van der Waals surface area contributed by atoms with E-state index in [9.17, 15) is 14.9 Å². The highest BCUT2D eigenvalue weighted by Gasteiger charge is 2.23. The van der Waals surface area contributed by atoms with Crippen LogP contribution in [0.4, 0.5) is 4.79 Å². The van der Waals surface area contributed by atoms with Crippen LogP contribution in [0, 0.1) is 11.3 Å². The van der Waals surface area contributed by atoms with Gasteiger partial charge in [-0.15, -0.1) is 0 Å². The van der Waals surface area contributed by atoms with Crippen LogP contribution in [-0.2, 0) is 17.9 Å². The van der Waals surface area contributed by atoms with E-state index in [1.165, 1.54) is 12.0 Å². The molecule has 2 amide bonds. The molecule has 0 saturated carbocycles. The van der Waals surface area contributed by atoms with Crippen molar-refractivity contribution in [3.8, 4) is 6.07 Å². The molecule has 1 aromatic heterocycles. The summed E-state index contributed by atoms with van der Waals surface area (Å²) in [6, 6.07) is 9.24. The maximum atomic E-state index is 13.5. The van der Waals surface area contributed by atoms with Crippen LogP contribution in [0.1, 0.15) is 64.6 Å². The highest BCUT2D eigenvalue weighted by atomic mass is 28.3. The highest BCUT2D eigenvalue weighted by molar-refractivity contribution is 6.76. The fourth-order valence-corrected chi connectivity index (χ4v) is 5.53. The predicted octanol–water partition coefficient (Wildman–Crippen LogP) is 4.85. The van der Waals surface area contributed by atoms with Crippen LogP contribution in [-0.4, -0.2) is 49.1 Å². The van der Waals surface area contributed by atoms with Crippen molar-refractivity contribution in [2.24, 2.45) is 0 Å². The third-order valence-corrected chi connectivity index (χ3v) is 8.68. The minimum atomic E-state index is -1.23. The number of ketones is 1. The summed E-state index contributed by atoms with van der Waals surface area (Å²) >= 11 is 0. The summed E-state index contributed by atoms with van der Waals surface area (Å²) in [4.78, 5) is 29.3. The van der Waals surface area contributed by atoms with E-state index in [4.69, 9.17) is 4.74 Å². The first-order chi connectivity index (χ1) is 17.7. The Labute approximate surface area is 220 Å². The number of imidazole rings is 1. The number of aromatic nitrogens is 2. The van der Waals surface area contributed by atoms with Crippen LogP contribution in [0.3, 0.4) is 0 Å². The van der Waals surface area contributed by atoms with Gasteiger partial charge in [-0.3, -0.25) is 4.79 Å². The molecule has 9 heteroatoms. The van der Waals surface area contributed by atoms with Crippen molar-refractivity contribution in [3.63, 3.8) is 0 Å². The van der Waals surface area contributed by atoms with Crippen molar-refractivity contribution in [2.45, 2.75) is 70.4 Å². The minimum absolute atomic E-state index is 0.132. The average molecular weight is 520 g/mol. The van der Waals surface area contributed by atoms with Gasteiger partial charge >= 0.3 is 6.03 Å². The van der Waals surface area contributed by atoms with E-state index in [2.05, 4.69) is 59.5 Å². The lowest BCUT2D eigenvalue weighted by molar-refractivity contribution is 0.0799. The van der Waals surface area contributed by atoms with E-state index in [1.807, 2.05) is 6.07 Å². The number of carbonyl (C=O) groups excluding carboxylic acids is 2. The van der Waals surface area contributed by atoms with Crippen LogP contribution >= 0.6 is 0 Å². The maximum Gasteiger partial charge on any atom is 0.314 e. The Morgan fingerprint density at radius 2 is 2.03 bits per heavy atom. The number of hydrogen-bond acceptors (Lipinski definition) is 5. The smallest absolute Gasteiger partial charge is 0.314 e. The van der Waals surface area contributed by atoms with Gasteiger partial charge in [-0.1, -0.05) is 43.9 Å². The number of nitrogens with zero attached hydrogens (tertiary/aromatic N) is 3. The van der Waals surface area contributed by atoms with E-state index >= 15 is 0 Å². The molecule has 8 nitrogen and oxygen atoms in total. The van der Waals surface area contributed by atoms with Gasteiger partial charge in [0.15, 0.2) is 11.5 Å². The zero-order valence-corrected chi connectivity index (χ0v) is 23.1. The second-order valence-corrected chi connectivity index (χ2v) is 16.8. The molecule has 0 atom stereocenters. The topological polar surface area (TPSA) is 109 Å². The van der Waals surface area contributed by atoms with Crippen molar-refractivity contribution in [1.82, 2.24) is 20.2 Å². The fourth-order valence-electron chi connectivity index (χ4n) is 4.77. The Bertz CT molecular complexity index is 1210. The van der Waals surface area contributed by atoms with E-state index in [-0.39, 0.29) is 42.4 Å². The molecule has 1 fully saturated rings. The second-order valence-electron chi connectivity index (χ2n) is 11.2. The minimum Gasteiger partial charge on any atom is -0.361 e. The number of hydrogen-bond donors (Lipinski definition) is 2. The zero-order valence-electron chi connectivity index (χ0n) is 22.1. The third-order valence-electron chi connectivity index (χ3n) is 6.98. The van der Waals surface area contributed by atoms with E-state index in [0.29, 0.717) is 19.7 Å². The number of nitrogens with one attached hydrogen (secondary N) is 2. The molecule has 1 saturated heterocycles. The first-order valence-corrected chi connectivity index (χ1v) is 16.9. The average Bonchev–Trinajstić information content (AvgIpc) is 3.31. The largest absolute Gasteiger partial charge is 0.361 e. The molecule has 0 unspecified atom stereocenters. The van der Waals surface area contributed by atoms with Crippen molar-refractivity contribution < 1.29 is 14.3 Å². The molecule has 1 aliphatic heterocycles. The number of rotatable bonds is 10. The molecule has 4 rings (SSSR count). The molecule has 2 N–H and O–H groups in total. The number of Topliss-reactive ketones (excluding diaryl/α,β-unsaturated/α-hetero) is 1. The quantitative estimate of drug-likeness (QED) is 0.265. The van der Waals surface area contributed by atoms with Gasteiger partial charge in [0.1, 0.15) is 12.8 Å². The number of nitriles is 1. The molecule has 2 aromatic rings. The van der Waals surface area contributed by atoms with Gasteiger partial charge in [0.2, 0.25) is 5.78 Å². The molecule has 2 heterocycles. The van der Waals surface area contributed by atoms with Crippen LogP contribution in [0.15, 0.2) is 30.5 Å². The summed E-state index contributed by atoms with van der Waals surface area (Å²) in [5, 5.41) is 15.1. The molecule has 0 radical (unpaired) electrons. The lowest BCUT2D eigenvalue weighted by Gasteiger charge is -2.26. The number of carbonyl (C=O) groups is 2. The molecule has 1 aliphatic carbocycles. The van der Waals surface area contributed by atoms with Crippen molar-refractivity contribution in [3.05, 3.63) is 58.7 Å². The summed E-state index contributed by atoms with van der Waals surface area (Å²) in [5.74, 6) is 0.305. The van der Waals surface area contributed by atoms with Crippen molar-refractivity contribution in [2.75, 3.05) is 19.7 Å². The third kappa shape index (κ3) is 7.18. The summed E-state index contributed by atoms with van der Waals surface area (Å²) in [6.07, 6.45) is 8.43. The molecule has 37 heavy (non-hydrogen) atoms. The number of amides is 2. The summed E-state index contributed by atoms with van der Waals surface area (Å²) in [5.41, 5.74) is 4.71. The predicted molar refractivity (Wildman–Crippen MR) is 146 cm³/mol. The Balaban J connectivity index is 1.56. The molecule has 2 aliphatic rings. The SMILES string of the molecule is C[Si](C)(C)CCOCn1cc(C#N)nc1C(=O)Cc1ccc(C2CNC(=O)NC2)cc1C1=CCCCC1. The Hall–Kier alpha value is -3.22. The molecule has 196 valence electrons. The first-order valence-electron chi connectivity index (χ1n) is 13.2. The monoisotopic (exact) mass is 519 g/mol. The zero-order chi connectivity index (χ0) is 26.4.